The fourth-order valence-electron chi connectivity index (χ4n) is 2.62. The van der Waals surface area contributed by atoms with Gasteiger partial charge in [-0.3, -0.25) is 0 Å². The van der Waals surface area contributed by atoms with Crippen molar-refractivity contribution < 1.29 is 4.79 Å². The van der Waals surface area contributed by atoms with Gasteiger partial charge in [0.2, 0.25) is 0 Å². The molecule has 1 fully saturated rings. The zero-order chi connectivity index (χ0) is 12.6. The molecule has 100 valence electrons. The first-order valence-electron chi connectivity index (χ1n) is 7.09. The van der Waals surface area contributed by atoms with E-state index in [-0.39, 0.29) is 6.03 Å². The van der Waals surface area contributed by atoms with Crippen LogP contribution in [0.15, 0.2) is 17.3 Å². The van der Waals surface area contributed by atoms with Gasteiger partial charge in [0.25, 0.3) is 0 Å². The molecule has 0 aromatic carbocycles. The van der Waals surface area contributed by atoms with Gasteiger partial charge in [0.15, 0.2) is 0 Å². The number of urea groups is 1. The van der Waals surface area contributed by atoms with Gasteiger partial charge in [-0.1, -0.05) is 31.4 Å². The van der Waals surface area contributed by atoms with Crippen molar-refractivity contribution in [2.24, 2.45) is 11.0 Å². The molecule has 0 bridgehead atoms. The van der Waals surface area contributed by atoms with E-state index in [0.717, 1.165) is 32.1 Å². The fraction of sp³-hybridized carbons (Fsp3) is 0.714. The Balaban J connectivity index is 1.64. The highest BCUT2D eigenvalue weighted by Gasteiger charge is 2.15. The molecule has 4 heteroatoms. The summed E-state index contributed by atoms with van der Waals surface area (Å²) in [7, 11) is 0. The van der Waals surface area contributed by atoms with E-state index in [2.05, 4.69) is 28.0 Å². The molecule has 0 radical (unpaired) electrons. The highest BCUT2D eigenvalue weighted by atomic mass is 16.2. The summed E-state index contributed by atoms with van der Waals surface area (Å²) in [6.45, 7) is 0. The zero-order valence-corrected chi connectivity index (χ0v) is 10.9. The zero-order valence-electron chi connectivity index (χ0n) is 10.9. The number of rotatable bonds is 3. The smallest absolute Gasteiger partial charge is 0.334 e. The first-order chi connectivity index (χ1) is 8.84. The normalized spacial score (nSPS) is 25.2. The molecule has 2 amide bonds. The summed E-state index contributed by atoms with van der Waals surface area (Å²) in [6, 6.07) is 0.177. The molecule has 0 heterocycles. The van der Waals surface area contributed by atoms with Crippen LogP contribution >= 0.6 is 0 Å². The van der Waals surface area contributed by atoms with Crippen molar-refractivity contribution in [2.45, 2.75) is 57.4 Å². The summed E-state index contributed by atoms with van der Waals surface area (Å²) in [6.07, 6.45) is 15.5. The van der Waals surface area contributed by atoms with E-state index in [1.54, 1.807) is 0 Å². The molecule has 2 rings (SSSR count). The van der Waals surface area contributed by atoms with E-state index in [9.17, 15) is 4.79 Å². The third-order valence-corrected chi connectivity index (χ3v) is 3.70. The van der Waals surface area contributed by atoms with Gasteiger partial charge in [0.05, 0.1) is 0 Å². The van der Waals surface area contributed by atoms with Crippen molar-refractivity contribution in [3.8, 4) is 0 Å². The summed E-state index contributed by atoms with van der Waals surface area (Å²) in [4.78, 5) is 11.6. The molecule has 0 aromatic heterocycles. The molecule has 0 unspecified atom stereocenters. The van der Waals surface area contributed by atoms with E-state index in [1.807, 2.05) is 6.21 Å². The molecule has 0 aliphatic heterocycles. The molecule has 1 saturated carbocycles. The molecule has 0 spiro atoms. The number of hydrazone groups is 1. The minimum absolute atomic E-state index is 0.162. The number of amides is 2. The lowest BCUT2D eigenvalue weighted by atomic mass is 9.96. The molecular weight excluding hydrogens is 226 g/mol. The van der Waals surface area contributed by atoms with Crippen LogP contribution in [0, 0.1) is 5.92 Å². The highest BCUT2D eigenvalue weighted by molar-refractivity contribution is 5.75. The maximum absolute atomic E-state index is 11.6. The molecule has 2 N–H and O–H groups in total. The Morgan fingerprint density at radius 2 is 2.00 bits per heavy atom. The third kappa shape index (κ3) is 4.51. The lowest BCUT2D eigenvalue weighted by Crippen LogP contribution is -2.41. The first-order valence-corrected chi connectivity index (χ1v) is 7.09. The van der Waals surface area contributed by atoms with Crippen LogP contribution in [0.5, 0.6) is 0 Å². The number of nitrogens with one attached hydrogen (secondary N) is 2. The van der Waals surface area contributed by atoms with E-state index in [1.165, 1.54) is 19.3 Å². The second kappa shape index (κ2) is 7.19. The van der Waals surface area contributed by atoms with E-state index < -0.39 is 0 Å². The fourth-order valence-corrected chi connectivity index (χ4v) is 2.62. The summed E-state index contributed by atoms with van der Waals surface area (Å²) in [5.74, 6) is 0.477. The molecule has 2 aliphatic carbocycles. The second-order valence-corrected chi connectivity index (χ2v) is 5.24. The Morgan fingerprint density at radius 3 is 2.72 bits per heavy atom. The minimum Gasteiger partial charge on any atom is -0.334 e. The van der Waals surface area contributed by atoms with Gasteiger partial charge in [-0.15, -0.1) is 0 Å². The number of hydrogen-bond acceptors (Lipinski definition) is 2. The summed E-state index contributed by atoms with van der Waals surface area (Å²) >= 11 is 0. The predicted octanol–water partition coefficient (Wildman–Crippen LogP) is 2.96. The van der Waals surface area contributed by atoms with Crippen LogP contribution in [0.3, 0.4) is 0 Å². The monoisotopic (exact) mass is 249 g/mol. The van der Waals surface area contributed by atoms with E-state index in [0.29, 0.717) is 12.0 Å². The molecule has 18 heavy (non-hydrogen) atoms. The molecule has 1 atom stereocenters. The maximum Gasteiger partial charge on any atom is 0.335 e. The van der Waals surface area contributed by atoms with Crippen molar-refractivity contribution in [2.75, 3.05) is 0 Å². The van der Waals surface area contributed by atoms with Crippen molar-refractivity contribution in [1.29, 1.82) is 0 Å². The number of hydrogen-bond donors (Lipinski definition) is 2. The molecule has 4 nitrogen and oxygen atoms in total. The Kier molecular flexibility index (Phi) is 5.24. The van der Waals surface area contributed by atoms with Crippen molar-refractivity contribution in [1.82, 2.24) is 10.7 Å². The Hall–Kier alpha value is -1.32. The molecule has 0 saturated heterocycles. The number of carbonyl (C=O) groups excluding carboxylic acids is 1. The predicted molar refractivity (Wildman–Crippen MR) is 73.5 cm³/mol. The second-order valence-electron chi connectivity index (χ2n) is 5.24. The van der Waals surface area contributed by atoms with Crippen LogP contribution in [0.25, 0.3) is 0 Å². The number of carbonyl (C=O) groups is 1. The van der Waals surface area contributed by atoms with Gasteiger partial charge in [-0.2, -0.15) is 5.10 Å². The van der Waals surface area contributed by atoms with Crippen LogP contribution in [-0.4, -0.2) is 18.3 Å². The Morgan fingerprint density at radius 1 is 1.17 bits per heavy atom. The first kappa shape index (κ1) is 13.1. The van der Waals surface area contributed by atoms with Gasteiger partial charge in [-0.25, -0.2) is 10.2 Å². The van der Waals surface area contributed by atoms with Gasteiger partial charge in [-0.05, 0) is 38.0 Å². The van der Waals surface area contributed by atoms with Gasteiger partial charge in [0.1, 0.15) is 0 Å². The van der Waals surface area contributed by atoms with Crippen LogP contribution < -0.4 is 10.7 Å². The van der Waals surface area contributed by atoms with Crippen LogP contribution in [0.4, 0.5) is 4.79 Å². The quantitative estimate of drug-likeness (QED) is 0.451. The van der Waals surface area contributed by atoms with Crippen LogP contribution in [0.2, 0.25) is 0 Å². The van der Waals surface area contributed by atoms with Gasteiger partial charge in [0, 0.05) is 12.3 Å². The topological polar surface area (TPSA) is 53.5 Å². The lowest BCUT2D eigenvalue weighted by Gasteiger charge is -2.22. The maximum atomic E-state index is 11.6. The minimum atomic E-state index is -0.162. The summed E-state index contributed by atoms with van der Waals surface area (Å²) in [5, 5.41) is 7.02. The average Bonchev–Trinajstić information content (AvgIpc) is 2.41. The van der Waals surface area contributed by atoms with Crippen molar-refractivity contribution in [3.63, 3.8) is 0 Å². The summed E-state index contributed by atoms with van der Waals surface area (Å²) in [5.41, 5.74) is 2.57. The number of nitrogens with zero attached hydrogens (tertiary/aromatic N) is 1. The third-order valence-electron chi connectivity index (χ3n) is 3.70. The molecule has 2 aliphatic rings. The average molecular weight is 249 g/mol. The largest absolute Gasteiger partial charge is 0.335 e. The molecular formula is C14H23N3O. The Labute approximate surface area is 109 Å². The van der Waals surface area contributed by atoms with Crippen molar-refractivity contribution in [3.05, 3.63) is 12.2 Å². The van der Waals surface area contributed by atoms with Crippen molar-refractivity contribution >= 4 is 12.2 Å². The van der Waals surface area contributed by atoms with E-state index in [4.69, 9.17) is 0 Å². The van der Waals surface area contributed by atoms with Crippen LogP contribution in [-0.2, 0) is 0 Å². The Bertz CT molecular complexity index is 319. The summed E-state index contributed by atoms with van der Waals surface area (Å²) < 4.78 is 0. The standard InChI is InChI=1S/C14H23N3O/c18-14(16-13-9-5-2-6-10-13)17-15-11-12-7-3-1-4-8-12/h1,3,11-13H,2,4-10H2,(H2,16,17,18)/b15-11-/t12-/m0/s1. The number of allylic oxidation sites excluding steroid dienone is 2. The SMILES string of the molecule is O=C(N/N=C\[C@H]1CC=CCC1)NC1CCCCC1. The van der Waals surface area contributed by atoms with Gasteiger partial charge < -0.3 is 5.32 Å². The molecule has 0 aromatic rings. The lowest BCUT2D eigenvalue weighted by molar-refractivity contribution is 0.233. The highest BCUT2D eigenvalue weighted by Crippen LogP contribution is 2.17. The van der Waals surface area contributed by atoms with Gasteiger partial charge >= 0.3 is 6.03 Å². The van der Waals surface area contributed by atoms with E-state index >= 15 is 0 Å². The van der Waals surface area contributed by atoms with Crippen LogP contribution in [0.1, 0.15) is 51.4 Å².